The molecule has 0 bridgehead atoms. The zero-order chi connectivity index (χ0) is 17.5. The molecule has 0 heterocycles. The molecule has 5 heteroatoms. The summed E-state index contributed by atoms with van der Waals surface area (Å²) in [5.41, 5.74) is 0. The van der Waals surface area contributed by atoms with E-state index in [2.05, 4.69) is 0 Å². The number of fused-ring (bicyclic) bond motifs is 1. The predicted octanol–water partition coefficient (Wildman–Crippen LogP) is 3.37. The Hall–Kier alpha value is -2.76. The van der Waals surface area contributed by atoms with Gasteiger partial charge in [-0.3, -0.25) is 0 Å². The third kappa shape index (κ3) is 4.21. The fourth-order valence-corrected chi connectivity index (χ4v) is 2.51. The van der Waals surface area contributed by atoms with Crippen LogP contribution >= 0.6 is 0 Å². The van der Waals surface area contributed by atoms with E-state index in [0.717, 1.165) is 10.8 Å². The molecule has 0 spiro atoms. The standard InChI is InChI=1S/C20H20O5/c21-10-12-23-17-7-8-18-15(14-17)6-9-19(20(18)24-13-11-22)25-16-4-2-1-3-5-16/h1-9,14,21-22H,10-13H2. The summed E-state index contributed by atoms with van der Waals surface area (Å²) >= 11 is 0. The molecule has 0 atom stereocenters. The highest BCUT2D eigenvalue weighted by Gasteiger charge is 2.12. The van der Waals surface area contributed by atoms with Gasteiger partial charge in [0.2, 0.25) is 0 Å². The van der Waals surface area contributed by atoms with Crippen LogP contribution in [-0.2, 0) is 0 Å². The largest absolute Gasteiger partial charge is 0.491 e. The van der Waals surface area contributed by atoms with Gasteiger partial charge in [0.1, 0.15) is 24.7 Å². The van der Waals surface area contributed by atoms with Crippen molar-refractivity contribution in [2.24, 2.45) is 0 Å². The van der Waals surface area contributed by atoms with Gasteiger partial charge in [0.15, 0.2) is 11.5 Å². The van der Waals surface area contributed by atoms with Crippen molar-refractivity contribution in [3.05, 3.63) is 60.7 Å². The maximum Gasteiger partial charge on any atom is 0.169 e. The Labute approximate surface area is 146 Å². The van der Waals surface area contributed by atoms with Crippen LogP contribution in [0.4, 0.5) is 0 Å². The van der Waals surface area contributed by atoms with E-state index in [4.69, 9.17) is 24.4 Å². The number of hydrogen-bond acceptors (Lipinski definition) is 5. The monoisotopic (exact) mass is 340 g/mol. The summed E-state index contributed by atoms with van der Waals surface area (Å²) in [4.78, 5) is 0. The number of hydrogen-bond donors (Lipinski definition) is 2. The molecule has 0 saturated carbocycles. The van der Waals surface area contributed by atoms with Crippen molar-refractivity contribution in [3.63, 3.8) is 0 Å². The first-order valence-electron chi connectivity index (χ1n) is 8.09. The lowest BCUT2D eigenvalue weighted by molar-refractivity contribution is 0.199. The lowest BCUT2D eigenvalue weighted by Crippen LogP contribution is -2.04. The smallest absolute Gasteiger partial charge is 0.169 e. The number of ether oxygens (including phenoxy) is 3. The first kappa shape index (κ1) is 17.1. The van der Waals surface area contributed by atoms with Gasteiger partial charge in [-0.25, -0.2) is 0 Å². The van der Waals surface area contributed by atoms with Gasteiger partial charge in [-0.05, 0) is 41.8 Å². The first-order chi connectivity index (χ1) is 12.3. The highest BCUT2D eigenvalue weighted by Crippen LogP contribution is 2.39. The zero-order valence-corrected chi connectivity index (χ0v) is 13.7. The molecule has 3 aromatic rings. The summed E-state index contributed by atoms with van der Waals surface area (Å²) in [6.07, 6.45) is 0. The Morgan fingerprint density at radius 3 is 2.24 bits per heavy atom. The molecule has 130 valence electrons. The van der Waals surface area contributed by atoms with Crippen molar-refractivity contribution >= 4 is 10.8 Å². The van der Waals surface area contributed by atoms with Gasteiger partial charge in [-0.1, -0.05) is 24.3 Å². The van der Waals surface area contributed by atoms with Crippen molar-refractivity contribution in [1.82, 2.24) is 0 Å². The molecule has 0 aliphatic carbocycles. The Bertz CT molecular complexity index is 817. The molecule has 0 saturated heterocycles. The maximum atomic E-state index is 9.11. The van der Waals surface area contributed by atoms with Crippen LogP contribution in [0.15, 0.2) is 60.7 Å². The van der Waals surface area contributed by atoms with Crippen LogP contribution in [0, 0.1) is 0 Å². The van der Waals surface area contributed by atoms with E-state index >= 15 is 0 Å². The van der Waals surface area contributed by atoms with Gasteiger partial charge in [-0.15, -0.1) is 0 Å². The lowest BCUT2D eigenvalue weighted by Gasteiger charge is -2.15. The summed E-state index contributed by atoms with van der Waals surface area (Å²) in [5, 5.41) is 19.8. The SMILES string of the molecule is OCCOc1ccc2c(OCCO)c(Oc3ccccc3)ccc2c1. The van der Waals surface area contributed by atoms with Gasteiger partial charge in [-0.2, -0.15) is 0 Å². The van der Waals surface area contributed by atoms with Crippen molar-refractivity contribution in [1.29, 1.82) is 0 Å². The molecule has 0 aliphatic heterocycles. The minimum Gasteiger partial charge on any atom is -0.491 e. The van der Waals surface area contributed by atoms with E-state index in [1.54, 1.807) is 0 Å². The molecule has 0 fully saturated rings. The minimum absolute atomic E-state index is 0.0350. The number of benzene rings is 3. The van der Waals surface area contributed by atoms with Crippen LogP contribution in [0.2, 0.25) is 0 Å². The normalized spacial score (nSPS) is 10.6. The Morgan fingerprint density at radius 1 is 0.720 bits per heavy atom. The summed E-state index contributed by atoms with van der Waals surface area (Å²) < 4.78 is 17.1. The lowest BCUT2D eigenvalue weighted by atomic mass is 10.1. The summed E-state index contributed by atoms with van der Waals surface area (Å²) in [6.45, 7) is 0.299. The summed E-state index contributed by atoms with van der Waals surface area (Å²) in [5.74, 6) is 2.53. The summed E-state index contributed by atoms with van der Waals surface area (Å²) in [7, 11) is 0. The van der Waals surface area contributed by atoms with Gasteiger partial charge in [0, 0.05) is 5.39 Å². The van der Waals surface area contributed by atoms with E-state index in [1.165, 1.54) is 0 Å². The quantitative estimate of drug-likeness (QED) is 0.658. The van der Waals surface area contributed by atoms with Crippen LogP contribution in [0.25, 0.3) is 10.8 Å². The van der Waals surface area contributed by atoms with E-state index < -0.39 is 0 Å². The predicted molar refractivity (Wildman–Crippen MR) is 95.6 cm³/mol. The zero-order valence-electron chi connectivity index (χ0n) is 13.7. The highest BCUT2D eigenvalue weighted by atomic mass is 16.5. The second-order valence-corrected chi connectivity index (χ2v) is 5.34. The second-order valence-electron chi connectivity index (χ2n) is 5.34. The maximum absolute atomic E-state index is 9.11. The minimum atomic E-state index is -0.0845. The molecule has 25 heavy (non-hydrogen) atoms. The first-order valence-corrected chi connectivity index (χ1v) is 8.09. The van der Waals surface area contributed by atoms with Crippen LogP contribution < -0.4 is 14.2 Å². The van der Waals surface area contributed by atoms with Gasteiger partial charge < -0.3 is 24.4 Å². The van der Waals surface area contributed by atoms with Crippen molar-refractivity contribution in [2.45, 2.75) is 0 Å². The fraction of sp³-hybridized carbons (Fsp3) is 0.200. The Balaban J connectivity index is 1.98. The average Bonchev–Trinajstić information content (AvgIpc) is 2.66. The van der Waals surface area contributed by atoms with Crippen LogP contribution in [0.1, 0.15) is 0 Å². The summed E-state index contributed by atoms with van der Waals surface area (Å²) in [6, 6.07) is 18.8. The van der Waals surface area contributed by atoms with Crippen molar-refractivity contribution in [2.75, 3.05) is 26.4 Å². The molecule has 3 aromatic carbocycles. The average molecular weight is 340 g/mol. The Kier molecular flexibility index (Phi) is 5.72. The fourth-order valence-electron chi connectivity index (χ4n) is 2.51. The topological polar surface area (TPSA) is 68.2 Å². The van der Waals surface area contributed by atoms with Gasteiger partial charge >= 0.3 is 0 Å². The molecule has 0 aliphatic rings. The van der Waals surface area contributed by atoms with Gasteiger partial charge in [0.25, 0.3) is 0 Å². The highest BCUT2D eigenvalue weighted by molar-refractivity contribution is 5.91. The Morgan fingerprint density at radius 2 is 1.48 bits per heavy atom. The van der Waals surface area contributed by atoms with Crippen LogP contribution in [0.3, 0.4) is 0 Å². The molecule has 0 aromatic heterocycles. The number of aliphatic hydroxyl groups excluding tert-OH is 2. The van der Waals surface area contributed by atoms with E-state index in [-0.39, 0.29) is 26.4 Å². The molecule has 2 N–H and O–H groups in total. The van der Waals surface area contributed by atoms with Gasteiger partial charge in [0.05, 0.1) is 13.2 Å². The second kappa shape index (κ2) is 8.37. The molecule has 0 unspecified atom stereocenters. The molecular formula is C20H20O5. The molecule has 0 radical (unpaired) electrons. The van der Waals surface area contributed by atoms with E-state index in [9.17, 15) is 0 Å². The molecule has 5 nitrogen and oxygen atoms in total. The molecular weight excluding hydrogens is 320 g/mol. The number of para-hydroxylation sites is 1. The van der Waals surface area contributed by atoms with E-state index in [0.29, 0.717) is 23.0 Å². The third-order valence-electron chi connectivity index (χ3n) is 3.57. The van der Waals surface area contributed by atoms with Crippen molar-refractivity contribution < 1.29 is 24.4 Å². The molecule has 3 rings (SSSR count). The molecule has 0 amide bonds. The number of aliphatic hydroxyl groups is 2. The van der Waals surface area contributed by atoms with E-state index in [1.807, 2.05) is 60.7 Å². The van der Waals surface area contributed by atoms with Crippen LogP contribution in [0.5, 0.6) is 23.0 Å². The third-order valence-corrected chi connectivity index (χ3v) is 3.57. The van der Waals surface area contributed by atoms with Crippen molar-refractivity contribution in [3.8, 4) is 23.0 Å². The number of rotatable bonds is 8. The van der Waals surface area contributed by atoms with Crippen LogP contribution in [-0.4, -0.2) is 36.6 Å².